The Hall–Kier alpha value is -1.09. The minimum Gasteiger partial charge on any atom is -0.287 e. The highest BCUT2D eigenvalue weighted by molar-refractivity contribution is 7.98. The van der Waals surface area contributed by atoms with Crippen molar-refractivity contribution in [3.8, 4) is 0 Å². The van der Waals surface area contributed by atoms with Crippen LogP contribution in [0.5, 0.6) is 0 Å². The maximum absolute atomic E-state index is 6.17. The van der Waals surface area contributed by atoms with Crippen molar-refractivity contribution < 1.29 is 0 Å². The van der Waals surface area contributed by atoms with Crippen LogP contribution >= 0.6 is 35.1 Å². The summed E-state index contributed by atoms with van der Waals surface area (Å²) >= 11 is 13.9. The molecule has 3 rings (SSSR count). The summed E-state index contributed by atoms with van der Waals surface area (Å²) in [5, 5.41) is 2.36. The van der Waals surface area contributed by atoms with E-state index in [1.165, 1.54) is 4.90 Å². The molecule has 0 amide bonds. The lowest BCUT2D eigenvalue weighted by Gasteiger charge is -2.05. The number of fused-ring (bicyclic) bond motifs is 1. The van der Waals surface area contributed by atoms with Crippen molar-refractivity contribution in [3.63, 3.8) is 0 Å². The second kappa shape index (κ2) is 4.88. The Morgan fingerprint density at radius 2 is 1.72 bits per heavy atom. The molecule has 2 aromatic carbocycles. The van der Waals surface area contributed by atoms with Crippen LogP contribution in [-0.2, 0) is 0 Å². The molecule has 1 nitrogen and oxygen atoms in total. The minimum absolute atomic E-state index is 0.654. The predicted octanol–water partition coefficient (Wildman–Crippen LogP) is 5.50. The van der Waals surface area contributed by atoms with Gasteiger partial charge in [-0.2, -0.15) is 0 Å². The number of aromatic nitrogens is 1. The van der Waals surface area contributed by atoms with Crippen LogP contribution in [0.4, 0.5) is 0 Å². The normalized spacial score (nSPS) is 11.0. The van der Waals surface area contributed by atoms with Crippen molar-refractivity contribution >= 4 is 46.1 Å². The van der Waals surface area contributed by atoms with Gasteiger partial charge >= 0.3 is 0 Å². The lowest BCUT2D eigenvalue weighted by molar-refractivity contribution is 1.32. The van der Waals surface area contributed by atoms with Gasteiger partial charge in [0, 0.05) is 21.5 Å². The van der Waals surface area contributed by atoms with E-state index in [1.54, 1.807) is 18.0 Å². The van der Waals surface area contributed by atoms with Crippen molar-refractivity contribution in [3.05, 3.63) is 64.8 Å². The Morgan fingerprint density at radius 1 is 0.944 bits per heavy atom. The van der Waals surface area contributed by atoms with E-state index in [2.05, 4.69) is 16.1 Å². The third-order valence-corrected chi connectivity index (χ3v) is 4.16. The average molecular weight is 294 g/mol. The molecule has 3 aromatic rings. The quantitative estimate of drug-likeness (QED) is 0.604. The van der Waals surface area contributed by atoms with Gasteiger partial charge in [0.15, 0.2) is 0 Å². The lowest BCUT2D eigenvalue weighted by atomic mass is 10.2. The van der Waals surface area contributed by atoms with E-state index in [0.717, 1.165) is 10.9 Å². The molecule has 1 aromatic heterocycles. The van der Waals surface area contributed by atoms with Crippen molar-refractivity contribution in [1.29, 1.82) is 0 Å². The first-order valence-electron chi connectivity index (χ1n) is 5.43. The van der Waals surface area contributed by atoms with Crippen LogP contribution in [0.1, 0.15) is 0 Å². The highest BCUT2D eigenvalue weighted by Gasteiger charge is 2.07. The van der Waals surface area contributed by atoms with Crippen LogP contribution < -0.4 is 0 Å². The van der Waals surface area contributed by atoms with Gasteiger partial charge in [-0.3, -0.25) is 3.97 Å². The Morgan fingerprint density at radius 3 is 2.50 bits per heavy atom. The van der Waals surface area contributed by atoms with Crippen LogP contribution in [0.15, 0.2) is 59.6 Å². The molecule has 0 unspecified atom stereocenters. The Labute approximate surface area is 119 Å². The topological polar surface area (TPSA) is 4.93 Å². The van der Waals surface area contributed by atoms with E-state index in [9.17, 15) is 0 Å². The van der Waals surface area contributed by atoms with Gasteiger partial charge in [0.2, 0.25) is 0 Å². The fourth-order valence-corrected chi connectivity index (χ4v) is 3.24. The standard InChI is InChI=1S/C14H9Cl2NS/c15-10-8-13(16)12-6-7-17(14(12)9-10)18-11-4-2-1-3-5-11/h1-9H. The van der Waals surface area contributed by atoms with Gasteiger partial charge in [-0.05, 0) is 42.3 Å². The molecule has 0 N–H and O–H groups in total. The molecule has 90 valence electrons. The molecular weight excluding hydrogens is 285 g/mol. The van der Waals surface area contributed by atoms with E-state index >= 15 is 0 Å². The molecular formula is C14H9Cl2NS. The number of nitrogens with zero attached hydrogens (tertiary/aromatic N) is 1. The first-order chi connectivity index (χ1) is 8.74. The van der Waals surface area contributed by atoms with Gasteiger partial charge in [0.25, 0.3) is 0 Å². The van der Waals surface area contributed by atoms with E-state index in [-0.39, 0.29) is 0 Å². The fraction of sp³-hybridized carbons (Fsp3) is 0. The van der Waals surface area contributed by atoms with Gasteiger partial charge in [0.05, 0.1) is 10.5 Å². The zero-order valence-corrected chi connectivity index (χ0v) is 11.6. The van der Waals surface area contributed by atoms with Gasteiger partial charge in [-0.1, -0.05) is 41.4 Å². The summed E-state index contributed by atoms with van der Waals surface area (Å²) in [6.07, 6.45) is 2.00. The van der Waals surface area contributed by atoms with Gasteiger partial charge < -0.3 is 0 Å². The Kier molecular flexibility index (Phi) is 3.25. The molecule has 0 aliphatic rings. The molecule has 0 fully saturated rings. The van der Waals surface area contributed by atoms with Crippen LogP contribution in [-0.4, -0.2) is 3.97 Å². The molecule has 0 saturated carbocycles. The summed E-state index contributed by atoms with van der Waals surface area (Å²) in [6, 6.07) is 15.9. The van der Waals surface area contributed by atoms with Crippen molar-refractivity contribution in [2.75, 3.05) is 0 Å². The number of rotatable bonds is 2. The SMILES string of the molecule is Clc1cc(Cl)c2ccn(Sc3ccccc3)c2c1. The zero-order chi connectivity index (χ0) is 12.5. The summed E-state index contributed by atoms with van der Waals surface area (Å²) in [7, 11) is 0. The van der Waals surface area contributed by atoms with Gasteiger partial charge in [-0.15, -0.1) is 0 Å². The first kappa shape index (κ1) is 12.0. The molecule has 0 radical (unpaired) electrons. The summed E-state index contributed by atoms with van der Waals surface area (Å²) in [4.78, 5) is 1.17. The summed E-state index contributed by atoms with van der Waals surface area (Å²) in [5.74, 6) is 0. The molecule has 18 heavy (non-hydrogen) atoms. The van der Waals surface area contributed by atoms with Crippen LogP contribution in [0.2, 0.25) is 10.0 Å². The minimum atomic E-state index is 0.654. The van der Waals surface area contributed by atoms with Gasteiger partial charge in [0.1, 0.15) is 0 Å². The molecule has 4 heteroatoms. The second-order valence-electron chi connectivity index (χ2n) is 3.87. The molecule has 1 heterocycles. The highest BCUT2D eigenvalue weighted by atomic mass is 35.5. The van der Waals surface area contributed by atoms with E-state index in [0.29, 0.717) is 10.0 Å². The molecule has 0 aliphatic heterocycles. The average Bonchev–Trinajstić information content (AvgIpc) is 2.74. The Bertz CT molecular complexity index is 692. The maximum atomic E-state index is 6.17. The second-order valence-corrected chi connectivity index (χ2v) is 5.76. The van der Waals surface area contributed by atoms with Crippen LogP contribution in [0, 0.1) is 0 Å². The molecule has 0 bridgehead atoms. The van der Waals surface area contributed by atoms with Crippen molar-refractivity contribution in [1.82, 2.24) is 3.97 Å². The third kappa shape index (κ3) is 2.24. The van der Waals surface area contributed by atoms with Gasteiger partial charge in [-0.25, -0.2) is 0 Å². The van der Waals surface area contributed by atoms with Crippen molar-refractivity contribution in [2.24, 2.45) is 0 Å². The predicted molar refractivity (Wildman–Crippen MR) is 79.7 cm³/mol. The Balaban J connectivity index is 2.08. The fourth-order valence-electron chi connectivity index (χ4n) is 1.82. The molecule has 0 spiro atoms. The zero-order valence-electron chi connectivity index (χ0n) is 9.31. The largest absolute Gasteiger partial charge is 0.287 e. The van der Waals surface area contributed by atoms with E-state index in [4.69, 9.17) is 23.2 Å². The molecule has 0 saturated heterocycles. The summed E-state index contributed by atoms with van der Waals surface area (Å²) < 4.78 is 2.07. The third-order valence-electron chi connectivity index (χ3n) is 2.63. The maximum Gasteiger partial charge on any atom is 0.0624 e. The van der Waals surface area contributed by atoms with E-state index in [1.807, 2.05) is 36.5 Å². The van der Waals surface area contributed by atoms with E-state index < -0.39 is 0 Å². The summed E-state index contributed by atoms with van der Waals surface area (Å²) in [5.41, 5.74) is 1.03. The van der Waals surface area contributed by atoms with Crippen LogP contribution in [0.3, 0.4) is 0 Å². The first-order valence-corrected chi connectivity index (χ1v) is 6.96. The number of hydrogen-bond acceptors (Lipinski definition) is 1. The summed E-state index contributed by atoms with van der Waals surface area (Å²) in [6.45, 7) is 0. The van der Waals surface area contributed by atoms with Crippen LogP contribution in [0.25, 0.3) is 10.9 Å². The number of hydrogen-bond donors (Lipinski definition) is 0. The lowest BCUT2D eigenvalue weighted by Crippen LogP contribution is -1.84. The molecule has 0 atom stereocenters. The smallest absolute Gasteiger partial charge is 0.0624 e. The van der Waals surface area contributed by atoms with Crippen molar-refractivity contribution in [2.45, 2.75) is 4.90 Å². The number of halogens is 2. The highest BCUT2D eigenvalue weighted by Crippen LogP contribution is 2.32. The molecule has 0 aliphatic carbocycles. The number of benzene rings is 2. The monoisotopic (exact) mass is 293 g/mol.